The first-order valence-electron chi connectivity index (χ1n) is 4.00. The molecule has 1 heterocycles. The number of methoxy groups -OCH3 is 2. The summed E-state index contributed by atoms with van der Waals surface area (Å²) in [6.45, 7) is 2.12. The van der Waals surface area contributed by atoms with Crippen LogP contribution in [-0.2, 0) is 14.2 Å². The maximum absolute atomic E-state index is 9.54. The van der Waals surface area contributed by atoms with E-state index < -0.39 is 11.7 Å². The third-order valence-corrected chi connectivity index (χ3v) is 2.45. The summed E-state index contributed by atoms with van der Waals surface area (Å²) >= 11 is 0. The Bertz CT molecular complexity index is 150. The molecular weight excluding hydrogens is 160 g/mol. The molecule has 1 aliphatic heterocycles. The van der Waals surface area contributed by atoms with Gasteiger partial charge in [-0.1, -0.05) is 0 Å². The van der Waals surface area contributed by atoms with E-state index in [9.17, 15) is 5.11 Å². The van der Waals surface area contributed by atoms with Gasteiger partial charge in [-0.05, 0) is 6.92 Å². The van der Waals surface area contributed by atoms with Gasteiger partial charge in [0.05, 0.1) is 12.2 Å². The van der Waals surface area contributed by atoms with Crippen LogP contribution < -0.4 is 0 Å². The molecule has 4 heteroatoms. The van der Waals surface area contributed by atoms with Gasteiger partial charge in [-0.15, -0.1) is 0 Å². The number of ether oxygens (including phenoxy) is 3. The van der Waals surface area contributed by atoms with Crippen molar-refractivity contribution in [2.24, 2.45) is 0 Å². The van der Waals surface area contributed by atoms with Crippen molar-refractivity contribution < 1.29 is 19.3 Å². The van der Waals surface area contributed by atoms with Crippen molar-refractivity contribution >= 4 is 0 Å². The second-order valence-corrected chi connectivity index (χ2v) is 3.24. The molecule has 0 amide bonds. The lowest BCUT2D eigenvalue weighted by molar-refractivity contribution is -0.244. The molecule has 1 aliphatic rings. The van der Waals surface area contributed by atoms with Gasteiger partial charge in [-0.3, -0.25) is 0 Å². The van der Waals surface area contributed by atoms with Gasteiger partial charge >= 0.3 is 0 Å². The molecule has 0 radical (unpaired) electrons. The first kappa shape index (κ1) is 9.92. The molecule has 0 aliphatic carbocycles. The summed E-state index contributed by atoms with van der Waals surface area (Å²) in [5, 5.41) is 9.54. The number of hydrogen-bond acceptors (Lipinski definition) is 4. The molecule has 72 valence electrons. The van der Waals surface area contributed by atoms with E-state index in [0.29, 0.717) is 6.42 Å². The lowest BCUT2D eigenvalue weighted by Gasteiger charge is -2.40. The van der Waals surface area contributed by atoms with Crippen molar-refractivity contribution in [2.75, 3.05) is 20.8 Å². The average Bonchev–Trinajstić information content (AvgIpc) is 2.10. The van der Waals surface area contributed by atoms with Crippen molar-refractivity contribution in [1.82, 2.24) is 0 Å². The van der Waals surface area contributed by atoms with Gasteiger partial charge < -0.3 is 19.3 Å². The molecule has 1 saturated heterocycles. The summed E-state index contributed by atoms with van der Waals surface area (Å²) in [4.78, 5) is 0. The molecule has 1 rings (SSSR count). The first-order valence-corrected chi connectivity index (χ1v) is 4.00. The highest BCUT2D eigenvalue weighted by Gasteiger charge is 2.40. The second-order valence-electron chi connectivity index (χ2n) is 3.24. The van der Waals surface area contributed by atoms with Gasteiger partial charge in [0.15, 0.2) is 6.29 Å². The van der Waals surface area contributed by atoms with Crippen LogP contribution in [0.15, 0.2) is 0 Å². The van der Waals surface area contributed by atoms with Crippen LogP contribution in [0.1, 0.15) is 13.3 Å². The molecule has 0 spiro atoms. The zero-order valence-electron chi connectivity index (χ0n) is 7.74. The molecule has 0 aromatic rings. The summed E-state index contributed by atoms with van der Waals surface area (Å²) in [5.74, 6) is 0. The molecule has 0 unspecified atom stereocenters. The zero-order valence-corrected chi connectivity index (χ0v) is 7.74. The maximum atomic E-state index is 9.54. The molecule has 0 aromatic carbocycles. The highest BCUT2D eigenvalue weighted by Crippen LogP contribution is 2.27. The molecule has 4 nitrogen and oxygen atoms in total. The Morgan fingerprint density at radius 2 is 2.17 bits per heavy atom. The monoisotopic (exact) mass is 176 g/mol. The minimum absolute atomic E-state index is 0.265. The van der Waals surface area contributed by atoms with Crippen LogP contribution in [0, 0.1) is 0 Å². The summed E-state index contributed by atoms with van der Waals surface area (Å²) in [5.41, 5.74) is -0.543. The third kappa shape index (κ3) is 1.77. The van der Waals surface area contributed by atoms with E-state index in [2.05, 4.69) is 0 Å². The van der Waals surface area contributed by atoms with Crippen LogP contribution in [0.25, 0.3) is 0 Å². The quantitative estimate of drug-likeness (QED) is 0.650. The minimum atomic E-state index is -0.575. The van der Waals surface area contributed by atoms with Crippen molar-refractivity contribution in [2.45, 2.75) is 31.3 Å². The van der Waals surface area contributed by atoms with Crippen molar-refractivity contribution in [1.29, 1.82) is 0 Å². The standard InChI is InChI=1S/C8H16O4/c1-8(11-3)4-7(10-2)12-5-6(8)9/h6-7,9H,4-5H2,1-3H3/t6-,7+,8+/m0/s1. The van der Waals surface area contributed by atoms with Gasteiger partial charge in [0.25, 0.3) is 0 Å². The van der Waals surface area contributed by atoms with E-state index in [0.717, 1.165) is 0 Å². The highest BCUT2D eigenvalue weighted by molar-refractivity contribution is 4.88. The fourth-order valence-electron chi connectivity index (χ4n) is 1.27. The van der Waals surface area contributed by atoms with Gasteiger partial charge in [0.1, 0.15) is 6.10 Å². The Morgan fingerprint density at radius 3 is 2.67 bits per heavy atom. The van der Waals surface area contributed by atoms with E-state index >= 15 is 0 Å². The minimum Gasteiger partial charge on any atom is -0.388 e. The van der Waals surface area contributed by atoms with Crippen molar-refractivity contribution in [3.8, 4) is 0 Å². The maximum Gasteiger partial charge on any atom is 0.160 e. The summed E-state index contributed by atoms with van der Waals surface area (Å²) in [7, 11) is 3.17. The lowest BCUT2D eigenvalue weighted by Crippen LogP contribution is -2.52. The SMILES string of the molecule is CO[C@H]1C[C@@](C)(OC)[C@@H](O)CO1. The summed E-state index contributed by atoms with van der Waals surface area (Å²) in [6, 6.07) is 0. The largest absolute Gasteiger partial charge is 0.388 e. The van der Waals surface area contributed by atoms with Gasteiger partial charge in [-0.25, -0.2) is 0 Å². The normalized spacial score (nSPS) is 43.0. The Hall–Kier alpha value is -0.160. The van der Waals surface area contributed by atoms with E-state index in [1.807, 2.05) is 6.92 Å². The molecular formula is C8H16O4. The zero-order chi connectivity index (χ0) is 9.19. The molecule has 1 fully saturated rings. The smallest absolute Gasteiger partial charge is 0.160 e. The molecule has 1 N–H and O–H groups in total. The van der Waals surface area contributed by atoms with Crippen LogP contribution >= 0.6 is 0 Å². The van der Waals surface area contributed by atoms with Crippen molar-refractivity contribution in [3.63, 3.8) is 0 Å². The third-order valence-electron chi connectivity index (χ3n) is 2.45. The van der Waals surface area contributed by atoms with Gasteiger partial charge in [0, 0.05) is 20.6 Å². The lowest BCUT2D eigenvalue weighted by atomic mass is 9.93. The van der Waals surface area contributed by atoms with E-state index in [1.165, 1.54) is 0 Å². The fraction of sp³-hybridized carbons (Fsp3) is 1.00. The van der Waals surface area contributed by atoms with Crippen LogP contribution in [0.4, 0.5) is 0 Å². The predicted molar refractivity (Wildman–Crippen MR) is 42.8 cm³/mol. The number of aliphatic hydroxyl groups excluding tert-OH is 1. The number of hydrogen-bond donors (Lipinski definition) is 1. The average molecular weight is 176 g/mol. The first-order chi connectivity index (χ1) is 5.62. The molecule has 3 atom stereocenters. The topological polar surface area (TPSA) is 47.9 Å². The van der Waals surface area contributed by atoms with Crippen molar-refractivity contribution in [3.05, 3.63) is 0 Å². The Kier molecular flexibility index (Phi) is 3.06. The Balaban J connectivity index is 2.58. The van der Waals surface area contributed by atoms with Gasteiger partial charge in [0.2, 0.25) is 0 Å². The molecule has 0 aromatic heterocycles. The second kappa shape index (κ2) is 3.70. The number of aliphatic hydroxyl groups is 1. The number of rotatable bonds is 2. The predicted octanol–water partition coefficient (Wildman–Crippen LogP) is 0.145. The van der Waals surface area contributed by atoms with E-state index in [-0.39, 0.29) is 12.9 Å². The van der Waals surface area contributed by atoms with Crippen LogP contribution in [-0.4, -0.2) is 43.9 Å². The fourth-order valence-corrected chi connectivity index (χ4v) is 1.27. The highest BCUT2D eigenvalue weighted by atomic mass is 16.7. The molecule has 12 heavy (non-hydrogen) atoms. The molecule has 0 saturated carbocycles. The van der Waals surface area contributed by atoms with E-state index in [1.54, 1.807) is 14.2 Å². The Labute approximate surface area is 72.4 Å². The molecule has 0 bridgehead atoms. The van der Waals surface area contributed by atoms with E-state index in [4.69, 9.17) is 14.2 Å². The van der Waals surface area contributed by atoms with Crippen LogP contribution in [0.2, 0.25) is 0 Å². The van der Waals surface area contributed by atoms with Gasteiger partial charge in [-0.2, -0.15) is 0 Å². The summed E-state index contributed by atoms with van der Waals surface area (Å²) < 4.78 is 15.4. The van der Waals surface area contributed by atoms with Crippen LogP contribution in [0.3, 0.4) is 0 Å². The Morgan fingerprint density at radius 1 is 1.50 bits per heavy atom. The van der Waals surface area contributed by atoms with Crippen LogP contribution in [0.5, 0.6) is 0 Å². The summed E-state index contributed by atoms with van der Waals surface area (Å²) in [6.07, 6.45) is -0.284.